The Morgan fingerprint density at radius 2 is 1.52 bits per heavy atom. The number of aliphatic hydroxyl groups excluding tert-OH is 1. The van der Waals surface area contributed by atoms with Crippen LogP contribution in [-0.4, -0.2) is 11.7 Å². The minimum Gasteiger partial charge on any atom is -0.396 e. The van der Waals surface area contributed by atoms with Gasteiger partial charge in [-0.15, -0.1) is 0 Å². The van der Waals surface area contributed by atoms with Crippen LogP contribution < -0.4 is 0 Å². The molecule has 0 saturated heterocycles. The number of hydrogen-bond acceptors (Lipinski definition) is 1. The standard InChI is InChI=1S/C22H40O/c1-20-16-15-18-22(2,3)21(20)17-13-11-9-7-5-4-6-8-10-12-14-19-23/h8,10,23H,4-7,9,11-19H2,1-3H3/b10-8+. The Kier molecular flexibility index (Phi) is 10.6. The molecule has 0 heterocycles. The van der Waals surface area contributed by atoms with E-state index in [9.17, 15) is 0 Å². The second kappa shape index (κ2) is 11.9. The summed E-state index contributed by atoms with van der Waals surface area (Å²) >= 11 is 0. The Morgan fingerprint density at radius 3 is 2.17 bits per heavy atom. The molecule has 0 aromatic carbocycles. The average molecular weight is 321 g/mol. The summed E-state index contributed by atoms with van der Waals surface area (Å²) < 4.78 is 0. The summed E-state index contributed by atoms with van der Waals surface area (Å²) in [7, 11) is 0. The van der Waals surface area contributed by atoms with E-state index in [4.69, 9.17) is 5.11 Å². The molecule has 1 heteroatoms. The van der Waals surface area contributed by atoms with Gasteiger partial charge in [0, 0.05) is 6.61 Å². The van der Waals surface area contributed by atoms with Crippen molar-refractivity contribution in [3.05, 3.63) is 23.3 Å². The van der Waals surface area contributed by atoms with Gasteiger partial charge in [0.1, 0.15) is 0 Å². The zero-order valence-electron chi connectivity index (χ0n) is 16.0. The van der Waals surface area contributed by atoms with Crippen molar-refractivity contribution in [1.29, 1.82) is 0 Å². The van der Waals surface area contributed by atoms with Crippen LogP contribution in [0, 0.1) is 5.41 Å². The molecule has 0 saturated carbocycles. The summed E-state index contributed by atoms with van der Waals surface area (Å²) in [6, 6.07) is 0. The second-order valence-corrected chi connectivity index (χ2v) is 7.99. The molecular formula is C22H40O. The molecule has 0 radical (unpaired) electrons. The average Bonchev–Trinajstić information content (AvgIpc) is 2.50. The molecular weight excluding hydrogens is 280 g/mol. The molecule has 1 N–H and O–H groups in total. The molecule has 134 valence electrons. The number of unbranched alkanes of at least 4 members (excludes halogenated alkanes) is 7. The largest absolute Gasteiger partial charge is 0.396 e. The Bertz CT molecular complexity index is 362. The molecule has 0 aromatic heterocycles. The number of allylic oxidation sites excluding steroid dienone is 4. The van der Waals surface area contributed by atoms with Gasteiger partial charge in [-0.2, -0.15) is 0 Å². The van der Waals surface area contributed by atoms with Gasteiger partial charge >= 0.3 is 0 Å². The normalized spacial score (nSPS) is 18.1. The third-order valence-electron chi connectivity index (χ3n) is 5.43. The highest BCUT2D eigenvalue weighted by atomic mass is 16.2. The summed E-state index contributed by atoms with van der Waals surface area (Å²) in [4.78, 5) is 0. The maximum absolute atomic E-state index is 8.70. The molecule has 0 aliphatic heterocycles. The van der Waals surface area contributed by atoms with Crippen LogP contribution >= 0.6 is 0 Å². The Morgan fingerprint density at radius 1 is 0.913 bits per heavy atom. The van der Waals surface area contributed by atoms with Gasteiger partial charge in [-0.3, -0.25) is 0 Å². The summed E-state index contributed by atoms with van der Waals surface area (Å²) in [5.41, 5.74) is 3.93. The van der Waals surface area contributed by atoms with E-state index in [0.717, 1.165) is 12.8 Å². The van der Waals surface area contributed by atoms with Crippen molar-refractivity contribution < 1.29 is 5.11 Å². The maximum Gasteiger partial charge on any atom is 0.0433 e. The minimum atomic E-state index is 0.317. The van der Waals surface area contributed by atoms with Crippen molar-refractivity contribution in [3.63, 3.8) is 0 Å². The van der Waals surface area contributed by atoms with Crippen molar-refractivity contribution in [2.45, 2.75) is 104 Å². The van der Waals surface area contributed by atoms with Crippen LogP contribution in [0.15, 0.2) is 23.3 Å². The molecule has 0 bridgehead atoms. The highest BCUT2D eigenvalue weighted by Gasteiger charge is 2.27. The molecule has 0 atom stereocenters. The summed E-state index contributed by atoms with van der Waals surface area (Å²) in [5.74, 6) is 0. The van der Waals surface area contributed by atoms with Crippen LogP contribution in [0.25, 0.3) is 0 Å². The predicted octanol–water partition coefficient (Wildman–Crippen LogP) is 6.96. The topological polar surface area (TPSA) is 20.2 Å². The molecule has 23 heavy (non-hydrogen) atoms. The van der Waals surface area contributed by atoms with Crippen molar-refractivity contribution in [3.8, 4) is 0 Å². The van der Waals surface area contributed by atoms with Crippen LogP contribution in [-0.2, 0) is 0 Å². The fourth-order valence-electron chi connectivity index (χ4n) is 3.94. The van der Waals surface area contributed by atoms with Gasteiger partial charge in [-0.1, -0.05) is 62.8 Å². The third-order valence-corrected chi connectivity index (χ3v) is 5.43. The first-order valence-electron chi connectivity index (χ1n) is 10.0. The first kappa shape index (κ1) is 20.5. The molecule has 1 nitrogen and oxygen atoms in total. The van der Waals surface area contributed by atoms with Gasteiger partial charge in [-0.25, -0.2) is 0 Å². The zero-order chi connectivity index (χ0) is 17.0. The van der Waals surface area contributed by atoms with Crippen LogP contribution in [0.2, 0.25) is 0 Å². The van der Waals surface area contributed by atoms with Gasteiger partial charge in [0.2, 0.25) is 0 Å². The van der Waals surface area contributed by atoms with E-state index in [-0.39, 0.29) is 0 Å². The summed E-state index contributed by atoms with van der Waals surface area (Å²) in [6.07, 6.45) is 21.4. The first-order chi connectivity index (χ1) is 11.1. The molecule has 0 aromatic rings. The predicted molar refractivity (Wildman–Crippen MR) is 103 cm³/mol. The lowest BCUT2D eigenvalue weighted by Gasteiger charge is -2.34. The van der Waals surface area contributed by atoms with Gasteiger partial charge in [0.25, 0.3) is 0 Å². The summed E-state index contributed by atoms with van der Waals surface area (Å²) in [5, 5.41) is 8.70. The Balaban J connectivity index is 2.00. The van der Waals surface area contributed by atoms with E-state index in [0.29, 0.717) is 12.0 Å². The lowest BCUT2D eigenvalue weighted by Crippen LogP contribution is -2.20. The van der Waals surface area contributed by atoms with Crippen LogP contribution in [0.3, 0.4) is 0 Å². The zero-order valence-corrected chi connectivity index (χ0v) is 16.0. The fourth-order valence-corrected chi connectivity index (χ4v) is 3.94. The molecule has 1 rings (SSSR count). The number of aliphatic hydroxyl groups is 1. The molecule has 0 unspecified atom stereocenters. The second-order valence-electron chi connectivity index (χ2n) is 7.99. The highest BCUT2D eigenvalue weighted by molar-refractivity contribution is 5.22. The minimum absolute atomic E-state index is 0.317. The van der Waals surface area contributed by atoms with Gasteiger partial charge < -0.3 is 5.11 Å². The number of hydrogen-bond donors (Lipinski definition) is 1. The van der Waals surface area contributed by atoms with Crippen molar-refractivity contribution in [2.24, 2.45) is 5.41 Å². The van der Waals surface area contributed by atoms with Crippen LogP contribution in [0.5, 0.6) is 0 Å². The number of rotatable bonds is 12. The fraction of sp³-hybridized carbons (Fsp3) is 0.818. The van der Waals surface area contributed by atoms with Crippen molar-refractivity contribution >= 4 is 0 Å². The smallest absolute Gasteiger partial charge is 0.0433 e. The molecule has 0 fully saturated rings. The molecule has 0 amide bonds. The van der Waals surface area contributed by atoms with Crippen LogP contribution in [0.4, 0.5) is 0 Å². The Hall–Kier alpha value is -0.560. The monoisotopic (exact) mass is 320 g/mol. The maximum atomic E-state index is 8.70. The lowest BCUT2D eigenvalue weighted by atomic mass is 9.71. The van der Waals surface area contributed by atoms with E-state index in [1.807, 2.05) is 0 Å². The summed E-state index contributed by atoms with van der Waals surface area (Å²) in [6.45, 7) is 7.57. The molecule has 1 aliphatic carbocycles. The van der Waals surface area contributed by atoms with E-state index >= 15 is 0 Å². The Labute approximate surface area is 145 Å². The van der Waals surface area contributed by atoms with E-state index < -0.39 is 0 Å². The van der Waals surface area contributed by atoms with Crippen molar-refractivity contribution in [1.82, 2.24) is 0 Å². The van der Waals surface area contributed by atoms with E-state index in [1.165, 1.54) is 70.6 Å². The SMILES string of the molecule is CC1=C(CCCCCCCC/C=C/CCCO)C(C)(C)CCC1. The first-order valence-corrected chi connectivity index (χ1v) is 10.0. The lowest BCUT2D eigenvalue weighted by molar-refractivity contribution is 0.289. The van der Waals surface area contributed by atoms with Crippen molar-refractivity contribution in [2.75, 3.05) is 6.61 Å². The van der Waals surface area contributed by atoms with Gasteiger partial charge in [0.05, 0.1) is 0 Å². The van der Waals surface area contributed by atoms with Crippen LogP contribution in [0.1, 0.15) is 104 Å². The molecule has 0 spiro atoms. The van der Waals surface area contributed by atoms with Gasteiger partial charge in [-0.05, 0) is 70.1 Å². The van der Waals surface area contributed by atoms with E-state index in [2.05, 4.69) is 32.9 Å². The highest BCUT2D eigenvalue weighted by Crippen LogP contribution is 2.42. The quantitative estimate of drug-likeness (QED) is 0.304. The third kappa shape index (κ3) is 8.74. The van der Waals surface area contributed by atoms with Gasteiger partial charge in [0.15, 0.2) is 0 Å². The molecule has 1 aliphatic rings. The van der Waals surface area contributed by atoms with E-state index in [1.54, 1.807) is 11.1 Å².